The summed E-state index contributed by atoms with van der Waals surface area (Å²) in [7, 11) is 0. The molecule has 2 N–H and O–H groups in total. The first-order chi connectivity index (χ1) is 14.0. The molecule has 0 radical (unpaired) electrons. The van der Waals surface area contributed by atoms with Crippen LogP contribution in [0.5, 0.6) is 0 Å². The highest BCUT2D eigenvalue weighted by Gasteiger charge is 2.02. The maximum atomic E-state index is 12.8. The van der Waals surface area contributed by atoms with Gasteiger partial charge in [-0.1, -0.05) is 30.7 Å². The summed E-state index contributed by atoms with van der Waals surface area (Å²) in [6.07, 6.45) is 5.44. The summed E-state index contributed by atoms with van der Waals surface area (Å²) in [6.45, 7) is 0. The minimum Gasteiger partial charge on any atom is -0.273 e. The van der Waals surface area contributed by atoms with Gasteiger partial charge in [0, 0.05) is 12.8 Å². The summed E-state index contributed by atoms with van der Waals surface area (Å²) in [5.41, 5.74) is 6.18. The predicted molar refractivity (Wildman–Crippen MR) is 107 cm³/mol. The van der Waals surface area contributed by atoms with Crippen molar-refractivity contribution in [1.82, 2.24) is 10.9 Å². The lowest BCUT2D eigenvalue weighted by molar-refractivity contribution is -0.121. The van der Waals surface area contributed by atoms with Crippen LogP contribution in [0.2, 0.25) is 0 Å². The van der Waals surface area contributed by atoms with E-state index in [2.05, 4.69) is 21.1 Å². The molecule has 2 rings (SSSR count). The first kappa shape index (κ1) is 21.9. The van der Waals surface area contributed by atoms with E-state index in [0.717, 1.165) is 0 Å². The molecule has 0 bridgehead atoms. The van der Waals surface area contributed by atoms with Crippen molar-refractivity contribution in [2.24, 2.45) is 10.2 Å². The maximum absolute atomic E-state index is 12.8. The zero-order valence-corrected chi connectivity index (χ0v) is 15.8. The fraction of sp³-hybridized carbons (Fsp3) is 0.238. The van der Waals surface area contributed by atoms with E-state index in [0.29, 0.717) is 43.2 Å². The van der Waals surface area contributed by atoms with Gasteiger partial charge in [0.2, 0.25) is 11.8 Å². The first-order valence-electron chi connectivity index (χ1n) is 9.18. The van der Waals surface area contributed by atoms with Gasteiger partial charge in [-0.3, -0.25) is 9.59 Å². The second kappa shape index (κ2) is 12.1. The Balaban J connectivity index is 1.53. The SMILES string of the molecule is O=C(CCCCCC(=O)N/N=C/c1ccc(F)cc1)N/N=C/c1ccc(F)cc1. The summed E-state index contributed by atoms with van der Waals surface area (Å²) in [5.74, 6) is -1.12. The van der Waals surface area contributed by atoms with Gasteiger partial charge in [0.15, 0.2) is 0 Å². The fourth-order valence-electron chi connectivity index (χ4n) is 2.32. The van der Waals surface area contributed by atoms with Crippen LogP contribution in [0.3, 0.4) is 0 Å². The second-order valence-electron chi connectivity index (χ2n) is 6.25. The number of benzene rings is 2. The smallest absolute Gasteiger partial charge is 0.240 e. The zero-order chi connectivity index (χ0) is 20.9. The van der Waals surface area contributed by atoms with Gasteiger partial charge >= 0.3 is 0 Å². The van der Waals surface area contributed by atoms with Gasteiger partial charge in [0.1, 0.15) is 11.6 Å². The lowest BCUT2D eigenvalue weighted by Crippen LogP contribution is -2.18. The number of unbranched alkanes of at least 4 members (excludes halogenated alkanes) is 2. The molecule has 0 saturated carbocycles. The van der Waals surface area contributed by atoms with Crippen molar-refractivity contribution < 1.29 is 18.4 Å². The zero-order valence-electron chi connectivity index (χ0n) is 15.8. The lowest BCUT2D eigenvalue weighted by Gasteiger charge is -2.01. The molecule has 2 amide bonds. The second-order valence-corrected chi connectivity index (χ2v) is 6.25. The number of carbonyl (C=O) groups is 2. The Kier molecular flexibility index (Phi) is 9.14. The minimum atomic E-state index is -0.334. The number of rotatable bonds is 10. The van der Waals surface area contributed by atoms with E-state index in [1.165, 1.54) is 36.7 Å². The van der Waals surface area contributed by atoms with Crippen LogP contribution in [0, 0.1) is 11.6 Å². The molecule has 0 spiro atoms. The molecule has 0 aromatic heterocycles. The third kappa shape index (κ3) is 9.37. The van der Waals surface area contributed by atoms with Gasteiger partial charge in [0.05, 0.1) is 12.4 Å². The molecule has 0 aliphatic heterocycles. The van der Waals surface area contributed by atoms with E-state index in [-0.39, 0.29) is 23.4 Å². The molecule has 8 heteroatoms. The van der Waals surface area contributed by atoms with Crippen LogP contribution in [-0.2, 0) is 9.59 Å². The van der Waals surface area contributed by atoms with E-state index in [1.807, 2.05) is 0 Å². The monoisotopic (exact) mass is 400 g/mol. The van der Waals surface area contributed by atoms with Gasteiger partial charge in [-0.25, -0.2) is 19.6 Å². The average Bonchev–Trinajstić information content (AvgIpc) is 2.71. The largest absolute Gasteiger partial charge is 0.273 e. The molecular weight excluding hydrogens is 378 g/mol. The van der Waals surface area contributed by atoms with E-state index in [1.54, 1.807) is 24.3 Å². The lowest BCUT2D eigenvalue weighted by atomic mass is 10.1. The number of halogens is 2. The van der Waals surface area contributed by atoms with Gasteiger partial charge in [-0.05, 0) is 48.2 Å². The van der Waals surface area contributed by atoms with Crippen LogP contribution >= 0.6 is 0 Å². The molecule has 2 aromatic carbocycles. The Bertz CT molecular complexity index is 778. The summed E-state index contributed by atoms with van der Waals surface area (Å²) < 4.78 is 25.6. The van der Waals surface area contributed by atoms with Crippen LogP contribution < -0.4 is 10.9 Å². The Labute approximate surface area is 167 Å². The molecule has 0 aliphatic carbocycles. The number of hydrogen-bond acceptors (Lipinski definition) is 4. The quantitative estimate of drug-likeness (QED) is 0.363. The van der Waals surface area contributed by atoms with E-state index in [9.17, 15) is 18.4 Å². The molecule has 29 heavy (non-hydrogen) atoms. The average molecular weight is 400 g/mol. The molecule has 0 atom stereocenters. The highest BCUT2D eigenvalue weighted by molar-refractivity contribution is 5.83. The Morgan fingerprint density at radius 1 is 0.690 bits per heavy atom. The Morgan fingerprint density at radius 2 is 1.07 bits per heavy atom. The molecule has 6 nitrogen and oxygen atoms in total. The minimum absolute atomic E-state index is 0.225. The molecule has 152 valence electrons. The van der Waals surface area contributed by atoms with E-state index in [4.69, 9.17) is 0 Å². The normalized spacial score (nSPS) is 11.1. The topological polar surface area (TPSA) is 82.9 Å². The third-order valence-electron chi connectivity index (χ3n) is 3.85. The molecule has 0 saturated heterocycles. The summed E-state index contributed by atoms with van der Waals surface area (Å²) in [5, 5.41) is 7.63. The molecule has 2 aromatic rings. The van der Waals surface area contributed by atoms with Crippen molar-refractivity contribution in [2.75, 3.05) is 0 Å². The highest BCUT2D eigenvalue weighted by atomic mass is 19.1. The summed E-state index contributed by atoms with van der Waals surface area (Å²) >= 11 is 0. The van der Waals surface area contributed by atoms with Crippen molar-refractivity contribution in [3.63, 3.8) is 0 Å². The summed E-state index contributed by atoms with van der Waals surface area (Å²) in [6, 6.07) is 11.5. The van der Waals surface area contributed by atoms with E-state index >= 15 is 0 Å². The van der Waals surface area contributed by atoms with Crippen molar-refractivity contribution in [1.29, 1.82) is 0 Å². The van der Waals surface area contributed by atoms with Gasteiger partial charge in [-0.15, -0.1) is 0 Å². The number of nitrogens with one attached hydrogen (secondary N) is 2. The highest BCUT2D eigenvalue weighted by Crippen LogP contribution is 2.04. The predicted octanol–water partition coefficient (Wildman–Crippen LogP) is 3.52. The van der Waals surface area contributed by atoms with Gasteiger partial charge in [-0.2, -0.15) is 10.2 Å². The Morgan fingerprint density at radius 3 is 1.45 bits per heavy atom. The molecule has 0 fully saturated rings. The number of carbonyl (C=O) groups excluding carboxylic acids is 2. The van der Waals surface area contributed by atoms with Crippen LogP contribution in [0.15, 0.2) is 58.7 Å². The number of hydrazone groups is 2. The maximum Gasteiger partial charge on any atom is 0.240 e. The summed E-state index contributed by atoms with van der Waals surface area (Å²) in [4.78, 5) is 23.3. The van der Waals surface area contributed by atoms with Crippen molar-refractivity contribution in [3.05, 3.63) is 71.3 Å². The van der Waals surface area contributed by atoms with E-state index < -0.39 is 0 Å². The van der Waals surface area contributed by atoms with Gasteiger partial charge in [0.25, 0.3) is 0 Å². The number of amides is 2. The van der Waals surface area contributed by atoms with Crippen LogP contribution in [0.1, 0.15) is 43.2 Å². The van der Waals surface area contributed by atoms with Crippen molar-refractivity contribution >= 4 is 24.2 Å². The number of nitrogens with zero attached hydrogens (tertiary/aromatic N) is 2. The van der Waals surface area contributed by atoms with Crippen molar-refractivity contribution in [3.8, 4) is 0 Å². The number of hydrogen-bond donors (Lipinski definition) is 2. The van der Waals surface area contributed by atoms with Crippen LogP contribution in [0.4, 0.5) is 8.78 Å². The fourth-order valence-corrected chi connectivity index (χ4v) is 2.32. The molecule has 0 unspecified atom stereocenters. The first-order valence-corrected chi connectivity index (χ1v) is 9.18. The van der Waals surface area contributed by atoms with Crippen LogP contribution in [-0.4, -0.2) is 24.2 Å². The Hall–Kier alpha value is -3.42. The van der Waals surface area contributed by atoms with Crippen molar-refractivity contribution in [2.45, 2.75) is 32.1 Å². The standard InChI is InChI=1S/C21H22F2N4O2/c22-18-10-6-16(7-11-18)14-24-26-20(28)4-2-1-3-5-21(29)27-25-15-17-8-12-19(23)13-9-17/h6-15H,1-5H2,(H,26,28)(H,27,29)/b24-14+,25-15+. The van der Waals surface area contributed by atoms with Gasteiger partial charge < -0.3 is 0 Å². The third-order valence-corrected chi connectivity index (χ3v) is 3.85. The van der Waals surface area contributed by atoms with Crippen LogP contribution in [0.25, 0.3) is 0 Å². The molecule has 0 aliphatic rings. The molecule has 0 heterocycles. The molecular formula is C21H22F2N4O2.